The molecule has 4 heteroatoms. The zero-order chi connectivity index (χ0) is 12.7. The molecular formula is C14H27N3O. The minimum Gasteiger partial charge on any atom is -0.385 e. The van der Waals surface area contributed by atoms with Crippen LogP contribution in [0.1, 0.15) is 44.9 Å². The second kappa shape index (κ2) is 7.10. The van der Waals surface area contributed by atoms with Crippen molar-refractivity contribution in [3.63, 3.8) is 0 Å². The molecule has 4 nitrogen and oxygen atoms in total. The van der Waals surface area contributed by atoms with E-state index in [1.807, 2.05) is 0 Å². The average molecular weight is 253 g/mol. The highest BCUT2D eigenvalue weighted by Gasteiger charge is 2.37. The normalized spacial score (nSPS) is 23.5. The Morgan fingerprint density at radius 1 is 1.28 bits per heavy atom. The highest BCUT2D eigenvalue weighted by atomic mass is 16.5. The van der Waals surface area contributed by atoms with E-state index in [0.717, 1.165) is 39.1 Å². The van der Waals surface area contributed by atoms with Gasteiger partial charge in [0.25, 0.3) is 0 Å². The summed E-state index contributed by atoms with van der Waals surface area (Å²) in [6.07, 6.45) is 8.71. The van der Waals surface area contributed by atoms with Crippen LogP contribution in [0.3, 0.4) is 0 Å². The first-order valence-corrected chi connectivity index (χ1v) is 7.40. The number of ether oxygens (including phenoxy) is 1. The van der Waals surface area contributed by atoms with E-state index in [1.54, 1.807) is 7.11 Å². The van der Waals surface area contributed by atoms with Crippen LogP contribution in [0.25, 0.3) is 0 Å². The lowest BCUT2D eigenvalue weighted by Crippen LogP contribution is -2.57. The van der Waals surface area contributed by atoms with Gasteiger partial charge in [0.2, 0.25) is 0 Å². The standard InChI is InChI=1S/C14H27N3O/c1-18-12-6-10-16-13-14(7-3-2-4-8-14)17-11-5-9-15-13/h17H,2-12H2,1H3,(H,15,16). The Hall–Kier alpha value is -0.610. The van der Waals surface area contributed by atoms with Crippen molar-refractivity contribution >= 4 is 5.84 Å². The number of hydrogen-bond acceptors (Lipinski definition) is 4. The minimum absolute atomic E-state index is 0.155. The first kappa shape index (κ1) is 13.8. The van der Waals surface area contributed by atoms with Crippen molar-refractivity contribution in [1.29, 1.82) is 0 Å². The van der Waals surface area contributed by atoms with Crippen LogP contribution in [-0.2, 0) is 4.74 Å². The molecule has 0 saturated heterocycles. The van der Waals surface area contributed by atoms with Crippen LogP contribution in [0.2, 0.25) is 0 Å². The molecule has 1 aliphatic heterocycles. The molecular weight excluding hydrogens is 226 g/mol. The van der Waals surface area contributed by atoms with E-state index in [0.29, 0.717) is 0 Å². The molecule has 104 valence electrons. The Morgan fingerprint density at radius 2 is 2.11 bits per heavy atom. The van der Waals surface area contributed by atoms with Crippen molar-refractivity contribution in [1.82, 2.24) is 10.6 Å². The molecule has 1 aliphatic carbocycles. The third-order valence-electron chi connectivity index (χ3n) is 4.05. The molecule has 0 aromatic carbocycles. The Bertz CT molecular complexity index is 272. The summed E-state index contributed by atoms with van der Waals surface area (Å²) in [6.45, 7) is 3.85. The molecule has 18 heavy (non-hydrogen) atoms. The van der Waals surface area contributed by atoms with E-state index in [2.05, 4.69) is 10.6 Å². The van der Waals surface area contributed by atoms with E-state index < -0.39 is 0 Å². The second-order valence-corrected chi connectivity index (χ2v) is 5.43. The monoisotopic (exact) mass is 253 g/mol. The van der Waals surface area contributed by atoms with Crippen molar-refractivity contribution in [2.45, 2.75) is 50.5 Å². The zero-order valence-corrected chi connectivity index (χ0v) is 11.6. The molecule has 1 heterocycles. The van der Waals surface area contributed by atoms with Gasteiger partial charge < -0.3 is 15.4 Å². The van der Waals surface area contributed by atoms with Crippen molar-refractivity contribution in [2.24, 2.45) is 4.99 Å². The molecule has 0 unspecified atom stereocenters. The molecule has 2 aliphatic rings. The first-order valence-electron chi connectivity index (χ1n) is 7.40. The van der Waals surface area contributed by atoms with Crippen molar-refractivity contribution in [3.8, 4) is 0 Å². The molecule has 0 bridgehead atoms. The second-order valence-electron chi connectivity index (χ2n) is 5.43. The van der Waals surface area contributed by atoms with Gasteiger partial charge in [-0.1, -0.05) is 19.3 Å². The van der Waals surface area contributed by atoms with Gasteiger partial charge in [0.1, 0.15) is 5.84 Å². The summed E-state index contributed by atoms with van der Waals surface area (Å²) in [6, 6.07) is 0. The Morgan fingerprint density at radius 3 is 2.89 bits per heavy atom. The number of hydrogen-bond donors (Lipinski definition) is 2. The van der Waals surface area contributed by atoms with Gasteiger partial charge in [-0.2, -0.15) is 0 Å². The topological polar surface area (TPSA) is 45.6 Å². The maximum absolute atomic E-state index is 5.10. The molecule has 0 amide bonds. The Labute approximate surface area is 111 Å². The summed E-state index contributed by atoms with van der Waals surface area (Å²) >= 11 is 0. The molecule has 0 radical (unpaired) electrons. The van der Waals surface area contributed by atoms with Gasteiger partial charge in [0, 0.05) is 26.8 Å². The Kier molecular flexibility index (Phi) is 5.45. The summed E-state index contributed by atoms with van der Waals surface area (Å²) in [5.74, 6) is 1.22. The number of nitrogens with one attached hydrogen (secondary N) is 2. The molecule has 1 saturated carbocycles. The van der Waals surface area contributed by atoms with Crippen LogP contribution in [0.15, 0.2) is 4.99 Å². The summed E-state index contributed by atoms with van der Waals surface area (Å²) in [5.41, 5.74) is 0.155. The van der Waals surface area contributed by atoms with Crippen LogP contribution in [-0.4, -0.2) is 44.7 Å². The number of nitrogens with zero attached hydrogens (tertiary/aromatic N) is 1. The predicted octanol–water partition coefficient (Wildman–Crippen LogP) is 1.71. The molecule has 2 rings (SSSR count). The van der Waals surface area contributed by atoms with Crippen LogP contribution in [0, 0.1) is 0 Å². The van der Waals surface area contributed by atoms with Gasteiger partial charge in [-0.05, 0) is 32.2 Å². The minimum atomic E-state index is 0.155. The molecule has 2 N–H and O–H groups in total. The third kappa shape index (κ3) is 3.45. The number of rotatable bonds is 4. The quantitative estimate of drug-likeness (QED) is 0.750. The third-order valence-corrected chi connectivity index (χ3v) is 4.05. The van der Waals surface area contributed by atoms with Gasteiger partial charge >= 0.3 is 0 Å². The van der Waals surface area contributed by atoms with Crippen LogP contribution < -0.4 is 10.6 Å². The van der Waals surface area contributed by atoms with Gasteiger partial charge in [0.05, 0.1) is 5.54 Å². The van der Waals surface area contributed by atoms with Crippen LogP contribution in [0.4, 0.5) is 0 Å². The largest absolute Gasteiger partial charge is 0.385 e. The summed E-state index contributed by atoms with van der Waals surface area (Å²) in [5, 5.41) is 7.33. The first-order chi connectivity index (χ1) is 8.87. The van der Waals surface area contributed by atoms with Gasteiger partial charge in [-0.15, -0.1) is 0 Å². The van der Waals surface area contributed by atoms with E-state index in [4.69, 9.17) is 9.73 Å². The zero-order valence-electron chi connectivity index (χ0n) is 11.6. The van der Waals surface area contributed by atoms with Gasteiger partial charge in [0.15, 0.2) is 0 Å². The number of amidine groups is 1. The van der Waals surface area contributed by atoms with E-state index >= 15 is 0 Å². The SMILES string of the molecule is COCCCNC1=NCCCNC12CCCCC2. The summed E-state index contributed by atoms with van der Waals surface area (Å²) < 4.78 is 5.10. The van der Waals surface area contributed by atoms with Crippen LogP contribution >= 0.6 is 0 Å². The van der Waals surface area contributed by atoms with Gasteiger partial charge in [-0.25, -0.2) is 0 Å². The number of methoxy groups -OCH3 is 1. The van der Waals surface area contributed by atoms with E-state index in [9.17, 15) is 0 Å². The molecule has 0 aromatic rings. The lowest BCUT2D eigenvalue weighted by Gasteiger charge is -2.38. The molecule has 1 fully saturated rings. The predicted molar refractivity (Wildman–Crippen MR) is 75.2 cm³/mol. The Balaban J connectivity index is 1.95. The van der Waals surface area contributed by atoms with E-state index in [1.165, 1.54) is 37.9 Å². The fraction of sp³-hybridized carbons (Fsp3) is 0.929. The smallest absolute Gasteiger partial charge is 0.117 e. The number of aliphatic imine (C=N–C) groups is 1. The highest BCUT2D eigenvalue weighted by molar-refractivity contribution is 5.92. The lowest BCUT2D eigenvalue weighted by molar-refractivity contribution is 0.195. The van der Waals surface area contributed by atoms with Crippen molar-refractivity contribution in [3.05, 3.63) is 0 Å². The van der Waals surface area contributed by atoms with Crippen molar-refractivity contribution < 1.29 is 4.74 Å². The molecule has 0 atom stereocenters. The maximum atomic E-state index is 5.10. The average Bonchev–Trinajstić information content (AvgIpc) is 2.59. The van der Waals surface area contributed by atoms with Gasteiger partial charge in [-0.3, -0.25) is 4.99 Å². The summed E-state index contributed by atoms with van der Waals surface area (Å²) in [4.78, 5) is 4.80. The fourth-order valence-corrected chi connectivity index (χ4v) is 3.05. The maximum Gasteiger partial charge on any atom is 0.117 e. The molecule has 1 spiro atoms. The lowest BCUT2D eigenvalue weighted by atomic mass is 9.80. The van der Waals surface area contributed by atoms with E-state index in [-0.39, 0.29) is 5.54 Å². The fourth-order valence-electron chi connectivity index (χ4n) is 3.05. The highest BCUT2D eigenvalue weighted by Crippen LogP contribution is 2.29. The summed E-state index contributed by atoms with van der Waals surface area (Å²) in [7, 11) is 1.76. The molecule has 0 aromatic heterocycles. The van der Waals surface area contributed by atoms with Crippen molar-refractivity contribution in [2.75, 3.05) is 33.4 Å². The van der Waals surface area contributed by atoms with Crippen LogP contribution in [0.5, 0.6) is 0 Å².